The van der Waals surface area contributed by atoms with Crippen molar-refractivity contribution in [3.8, 4) is 16.9 Å². The first-order chi connectivity index (χ1) is 15.0. The molecule has 0 aliphatic carbocycles. The summed E-state index contributed by atoms with van der Waals surface area (Å²) in [5, 5.41) is 4.38. The minimum absolute atomic E-state index is 0.513. The highest BCUT2D eigenvalue weighted by Crippen LogP contribution is 2.41. The van der Waals surface area contributed by atoms with Crippen LogP contribution >= 0.6 is 11.3 Å². The van der Waals surface area contributed by atoms with Gasteiger partial charge in [-0.2, -0.15) is 4.31 Å². The van der Waals surface area contributed by atoms with E-state index < -0.39 is 10.0 Å². The highest BCUT2D eigenvalue weighted by atomic mass is 32.2. The van der Waals surface area contributed by atoms with Crippen molar-refractivity contribution in [3.63, 3.8) is 0 Å². The molecule has 0 amide bonds. The number of anilines is 1. The lowest BCUT2D eigenvalue weighted by atomic mass is 9.97. The Morgan fingerprint density at radius 2 is 1.74 bits per heavy atom. The Hall–Kier alpha value is -2.68. The summed E-state index contributed by atoms with van der Waals surface area (Å²) in [5.74, 6) is 0.822. The van der Waals surface area contributed by atoms with Crippen molar-refractivity contribution in [2.45, 2.75) is 0 Å². The third kappa shape index (κ3) is 3.64. The second-order valence-electron chi connectivity index (χ2n) is 7.69. The summed E-state index contributed by atoms with van der Waals surface area (Å²) < 4.78 is 31.9. The highest BCUT2D eigenvalue weighted by Gasteiger charge is 2.23. The minimum Gasteiger partial charge on any atom is -0.496 e. The molecule has 0 unspecified atom stereocenters. The summed E-state index contributed by atoms with van der Waals surface area (Å²) in [7, 11) is -1.43. The van der Waals surface area contributed by atoms with E-state index in [2.05, 4.69) is 45.6 Å². The van der Waals surface area contributed by atoms with Gasteiger partial charge in [-0.15, -0.1) is 11.3 Å². The van der Waals surface area contributed by atoms with Crippen molar-refractivity contribution in [2.24, 2.45) is 0 Å². The molecule has 1 aliphatic rings. The van der Waals surface area contributed by atoms with Gasteiger partial charge in [0.25, 0.3) is 0 Å². The molecule has 1 aliphatic heterocycles. The van der Waals surface area contributed by atoms with Gasteiger partial charge in [-0.05, 0) is 41.3 Å². The molecule has 0 atom stereocenters. The average Bonchev–Trinajstić information content (AvgIpc) is 3.27. The van der Waals surface area contributed by atoms with E-state index in [1.54, 1.807) is 18.4 Å². The van der Waals surface area contributed by atoms with Crippen LogP contribution < -0.4 is 9.64 Å². The Morgan fingerprint density at radius 3 is 2.42 bits per heavy atom. The fourth-order valence-electron chi connectivity index (χ4n) is 4.28. The predicted octanol–water partition coefficient (Wildman–Crippen LogP) is 4.21. The van der Waals surface area contributed by atoms with Crippen molar-refractivity contribution in [1.82, 2.24) is 9.29 Å². The van der Waals surface area contributed by atoms with Gasteiger partial charge < -0.3 is 9.64 Å². The van der Waals surface area contributed by atoms with E-state index in [-0.39, 0.29) is 0 Å². The number of hydrogen-bond acceptors (Lipinski definition) is 6. The van der Waals surface area contributed by atoms with E-state index in [1.165, 1.54) is 15.9 Å². The maximum atomic E-state index is 11.8. The summed E-state index contributed by atoms with van der Waals surface area (Å²) in [6.07, 6.45) is 3.20. The zero-order valence-corrected chi connectivity index (χ0v) is 19.0. The predicted molar refractivity (Wildman–Crippen MR) is 128 cm³/mol. The molecule has 4 aromatic rings. The molecule has 160 valence electrons. The van der Waals surface area contributed by atoms with Crippen molar-refractivity contribution in [1.29, 1.82) is 0 Å². The Labute approximate surface area is 185 Å². The SMILES string of the molecule is COc1ccc2ncc3sccc3c2c1-c1ccc(N2CCN(S(C)(=O)=O)CC2)cc1. The smallest absolute Gasteiger partial charge is 0.211 e. The monoisotopic (exact) mass is 453 g/mol. The first-order valence-corrected chi connectivity index (χ1v) is 12.8. The summed E-state index contributed by atoms with van der Waals surface area (Å²) in [6.45, 7) is 2.39. The van der Waals surface area contributed by atoms with Crippen LogP contribution in [0, 0.1) is 0 Å². The second kappa shape index (κ2) is 7.78. The molecule has 0 saturated carbocycles. The number of piperazine rings is 1. The van der Waals surface area contributed by atoms with Gasteiger partial charge in [0.05, 0.1) is 23.6 Å². The quantitative estimate of drug-likeness (QED) is 0.463. The van der Waals surface area contributed by atoms with Crippen molar-refractivity contribution in [2.75, 3.05) is 44.4 Å². The number of aromatic nitrogens is 1. The van der Waals surface area contributed by atoms with Crippen LogP contribution in [0.2, 0.25) is 0 Å². The van der Waals surface area contributed by atoms with Gasteiger partial charge in [-0.1, -0.05) is 12.1 Å². The number of ether oxygens (including phenoxy) is 1. The molecule has 0 radical (unpaired) electrons. The maximum Gasteiger partial charge on any atom is 0.211 e. The summed E-state index contributed by atoms with van der Waals surface area (Å²) in [4.78, 5) is 6.88. The maximum absolute atomic E-state index is 11.8. The van der Waals surface area contributed by atoms with Crippen LogP contribution in [0.3, 0.4) is 0 Å². The zero-order valence-electron chi connectivity index (χ0n) is 17.4. The molecule has 0 spiro atoms. The molecule has 5 rings (SSSR count). The molecule has 6 nitrogen and oxygen atoms in total. The Bertz CT molecular complexity index is 1360. The molecular formula is C23H23N3O3S2. The number of pyridine rings is 1. The number of benzene rings is 2. The number of fused-ring (bicyclic) bond motifs is 3. The minimum atomic E-state index is -3.13. The van der Waals surface area contributed by atoms with Gasteiger partial charge in [-0.3, -0.25) is 4.98 Å². The third-order valence-corrected chi connectivity index (χ3v) is 8.03. The van der Waals surface area contributed by atoms with E-state index in [4.69, 9.17) is 4.74 Å². The van der Waals surface area contributed by atoms with Crippen LogP contribution in [0.4, 0.5) is 5.69 Å². The number of hydrogen-bond donors (Lipinski definition) is 0. The molecule has 2 aromatic heterocycles. The molecular weight excluding hydrogens is 430 g/mol. The molecule has 2 aromatic carbocycles. The summed E-state index contributed by atoms with van der Waals surface area (Å²) in [6, 6.07) is 14.5. The number of methoxy groups -OCH3 is 1. The molecule has 0 N–H and O–H groups in total. The van der Waals surface area contributed by atoms with Gasteiger partial charge in [0, 0.05) is 54.4 Å². The number of nitrogens with zero attached hydrogens (tertiary/aromatic N) is 3. The van der Waals surface area contributed by atoms with Crippen molar-refractivity contribution >= 4 is 48.0 Å². The molecule has 31 heavy (non-hydrogen) atoms. The lowest BCUT2D eigenvalue weighted by Gasteiger charge is -2.34. The van der Waals surface area contributed by atoms with Crippen LogP contribution in [0.25, 0.3) is 32.1 Å². The van der Waals surface area contributed by atoms with Crippen LogP contribution in [-0.4, -0.2) is 57.3 Å². The largest absolute Gasteiger partial charge is 0.496 e. The normalized spacial score (nSPS) is 15.6. The third-order valence-electron chi connectivity index (χ3n) is 5.88. The standard InChI is InChI=1S/C23H23N3O3S2/c1-29-20-8-7-19-23(18-9-14-30-21(18)15-24-19)22(20)16-3-5-17(6-4-16)25-10-12-26(13-11-25)31(2,27)28/h3-9,14-15H,10-13H2,1-2H3. The lowest BCUT2D eigenvalue weighted by Crippen LogP contribution is -2.48. The molecule has 8 heteroatoms. The summed E-state index contributed by atoms with van der Waals surface area (Å²) >= 11 is 1.69. The van der Waals surface area contributed by atoms with Crippen LogP contribution in [0.1, 0.15) is 0 Å². The highest BCUT2D eigenvalue weighted by molar-refractivity contribution is 7.88. The molecule has 1 fully saturated rings. The fraction of sp³-hybridized carbons (Fsp3) is 0.261. The number of sulfonamides is 1. The Balaban J connectivity index is 1.52. The lowest BCUT2D eigenvalue weighted by molar-refractivity contribution is 0.388. The zero-order chi connectivity index (χ0) is 21.6. The van der Waals surface area contributed by atoms with Crippen molar-refractivity contribution < 1.29 is 13.2 Å². The Kier molecular flexibility index (Phi) is 5.08. The molecule has 0 bridgehead atoms. The number of rotatable bonds is 4. The molecule has 1 saturated heterocycles. The van der Waals surface area contributed by atoms with Crippen LogP contribution in [-0.2, 0) is 10.0 Å². The van der Waals surface area contributed by atoms with E-state index in [0.29, 0.717) is 26.2 Å². The van der Waals surface area contributed by atoms with E-state index in [0.717, 1.165) is 38.2 Å². The van der Waals surface area contributed by atoms with E-state index in [1.807, 2.05) is 18.3 Å². The summed E-state index contributed by atoms with van der Waals surface area (Å²) in [5.41, 5.74) is 4.16. The van der Waals surface area contributed by atoms with Crippen LogP contribution in [0.5, 0.6) is 5.75 Å². The van der Waals surface area contributed by atoms with Gasteiger partial charge in [-0.25, -0.2) is 8.42 Å². The average molecular weight is 454 g/mol. The van der Waals surface area contributed by atoms with Gasteiger partial charge in [0.1, 0.15) is 5.75 Å². The van der Waals surface area contributed by atoms with Gasteiger partial charge >= 0.3 is 0 Å². The second-order valence-corrected chi connectivity index (χ2v) is 10.6. The van der Waals surface area contributed by atoms with Crippen LogP contribution in [0.15, 0.2) is 54.0 Å². The van der Waals surface area contributed by atoms with E-state index >= 15 is 0 Å². The van der Waals surface area contributed by atoms with Gasteiger partial charge in [0.2, 0.25) is 10.0 Å². The van der Waals surface area contributed by atoms with E-state index in [9.17, 15) is 8.42 Å². The Morgan fingerprint density at radius 1 is 1.00 bits per heavy atom. The first-order valence-electron chi connectivity index (χ1n) is 10.1. The molecule has 3 heterocycles. The fourth-order valence-corrected chi connectivity index (χ4v) is 5.87. The first kappa shape index (κ1) is 20.2. The number of thiophene rings is 1. The topological polar surface area (TPSA) is 62.7 Å². The van der Waals surface area contributed by atoms with Gasteiger partial charge in [0.15, 0.2) is 0 Å². The van der Waals surface area contributed by atoms with Crippen molar-refractivity contribution in [3.05, 3.63) is 54.0 Å².